The summed E-state index contributed by atoms with van der Waals surface area (Å²) in [6, 6.07) is 0. The summed E-state index contributed by atoms with van der Waals surface area (Å²) in [5.74, 6) is 0. The van der Waals surface area contributed by atoms with Crippen LogP contribution in [0, 0.1) is 0 Å². The number of aliphatic hydroxyl groups excluding tert-OH is 2. The van der Waals surface area contributed by atoms with Crippen LogP contribution in [0.3, 0.4) is 0 Å². The SMILES string of the molecule is O=C1OCCN1N1C[C@@H](C(O)CO)OC1=O. The molecule has 0 aromatic carbocycles. The number of hydrazine groups is 1. The van der Waals surface area contributed by atoms with Crippen LogP contribution in [0.5, 0.6) is 0 Å². The zero-order chi connectivity index (χ0) is 11.7. The number of carbonyl (C=O) groups excluding carboxylic acids is 2. The van der Waals surface area contributed by atoms with Gasteiger partial charge in [0, 0.05) is 0 Å². The maximum atomic E-state index is 11.4. The Hall–Kier alpha value is -1.54. The summed E-state index contributed by atoms with van der Waals surface area (Å²) in [6.45, 7) is 0.0115. The van der Waals surface area contributed by atoms with Gasteiger partial charge in [-0.15, -0.1) is 0 Å². The van der Waals surface area contributed by atoms with Gasteiger partial charge in [-0.05, 0) is 0 Å². The van der Waals surface area contributed by atoms with Crippen molar-refractivity contribution in [1.29, 1.82) is 0 Å². The van der Waals surface area contributed by atoms with Crippen LogP contribution in [0.15, 0.2) is 0 Å². The topological polar surface area (TPSA) is 99.5 Å². The third-order valence-electron chi connectivity index (χ3n) is 2.46. The molecule has 8 heteroatoms. The van der Waals surface area contributed by atoms with E-state index < -0.39 is 31.0 Å². The van der Waals surface area contributed by atoms with Crippen LogP contribution in [-0.2, 0) is 9.47 Å². The van der Waals surface area contributed by atoms with Gasteiger partial charge in [0.2, 0.25) is 0 Å². The van der Waals surface area contributed by atoms with E-state index in [2.05, 4.69) is 4.74 Å². The number of aliphatic hydroxyl groups is 2. The van der Waals surface area contributed by atoms with Crippen molar-refractivity contribution in [2.24, 2.45) is 0 Å². The molecule has 2 rings (SSSR count). The Labute approximate surface area is 90.9 Å². The summed E-state index contributed by atoms with van der Waals surface area (Å²) >= 11 is 0. The molecule has 0 saturated carbocycles. The van der Waals surface area contributed by atoms with Crippen LogP contribution >= 0.6 is 0 Å². The zero-order valence-corrected chi connectivity index (χ0v) is 8.40. The predicted octanol–water partition coefficient (Wildman–Crippen LogP) is -1.47. The number of rotatable bonds is 3. The van der Waals surface area contributed by atoms with Crippen molar-refractivity contribution in [3.05, 3.63) is 0 Å². The number of hydrogen-bond acceptors (Lipinski definition) is 6. The van der Waals surface area contributed by atoms with Crippen LogP contribution in [0.4, 0.5) is 9.59 Å². The van der Waals surface area contributed by atoms with Crippen molar-refractivity contribution >= 4 is 12.2 Å². The summed E-state index contributed by atoms with van der Waals surface area (Å²) in [6.07, 6.45) is -3.31. The fourth-order valence-corrected chi connectivity index (χ4v) is 1.59. The van der Waals surface area contributed by atoms with Gasteiger partial charge in [0.1, 0.15) is 12.7 Å². The van der Waals surface area contributed by atoms with Crippen LogP contribution in [0.2, 0.25) is 0 Å². The highest BCUT2D eigenvalue weighted by molar-refractivity contribution is 5.76. The molecule has 0 aliphatic carbocycles. The van der Waals surface area contributed by atoms with E-state index in [4.69, 9.17) is 9.84 Å². The highest BCUT2D eigenvalue weighted by Gasteiger charge is 2.42. The highest BCUT2D eigenvalue weighted by atomic mass is 16.6. The molecule has 0 bridgehead atoms. The largest absolute Gasteiger partial charge is 0.446 e. The first-order valence-electron chi connectivity index (χ1n) is 4.84. The Balaban J connectivity index is 2.02. The molecule has 2 aliphatic rings. The van der Waals surface area contributed by atoms with Crippen molar-refractivity contribution in [3.63, 3.8) is 0 Å². The number of hydrogen-bond donors (Lipinski definition) is 2. The van der Waals surface area contributed by atoms with Gasteiger partial charge in [-0.3, -0.25) is 0 Å². The summed E-state index contributed by atoms with van der Waals surface area (Å²) in [5.41, 5.74) is 0. The quantitative estimate of drug-likeness (QED) is 0.616. The molecule has 8 nitrogen and oxygen atoms in total. The molecule has 1 unspecified atom stereocenters. The van der Waals surface area contributed by atoms with Crippen molar-refractivity contribution in [2.45, 2.75) is 12.2 Å². The molecular formula is C8H12N2O6. The average molecular weight is 232 g/mol. The second-order valence-electron chi connectivity index (χ2n) is 3.49. The number of ether oxygens (including phenoxy) is 2. The van der Waals surface area contributed by atoms with Gasteiger partial charge in [0.15, 0.2) is 6.10 Å². The fraction of sp³-hybridized carbons (Fsp3) is 0.750. The maximum Gasteiger partial charge on any atom is 0.429 e. The van der Waals surface area contributed by atoms with E-state index in [-0.39, 0.29) is 19.7 Å². The third-order valence-corrected chi connectivity index (χ3v) is 2.46. The molecule has 0 aromatic heterocycles. The van der Waals surface area contributed by atoms with Gasteiger partial charge in [0.25, 0.3) is 0 Å². The summed E-state index contributed by atoms with van der Waals surface area (Å²) in [5, 5.41) is 20.2. The molecule has 16 heavy (non-hydrogen) atoms. The first-order chi connectivity index (χ1) is 7.63. The lowest BCUT2D eigenvalue weighted by molar-refractivity contribution is -0.00127. The minimum absolute atomic E-state index is 0.0235. The maximum absolute atomic E-state index is 11.4. The van der Waals surface area contributed by atoms with E-state index in [9.17, 15) is 14.7 Å². The third kappa shape index (κ3) is 1.76. The van der Waals surface area contributed by atoms with Gasteiger partial charge >= 0.3 is 12.2 Å². The second-order valence-corrected chi connectivity index (χ2v) is 3.49. The standard InChI is InChI=1S/C8H12N2O6/c11-4-5(12)6-3-10(8(14)16-6)9-1-2-15-7(9)13/h5-6,11-12H,1-4H2/t5?,6-/m0/s1. The van der Waals surface area contributed by atoms with Gasteiger partial charge in [-0.25, -0.2) is 19.6 Å². The predicted molar refractivity (Wildman–Crippen MR) is 48.1 cm³/mol. The lowest BCUT2D eigenvalue weighted by Crippen LogP contribution is -2.45. The molecule has 2 heterocycles. The van der Waals surface area contributed by atoms with Gasteiger partial charge in [-0.2, -0.15) is 0 Å². The molecule has 2 aliphatic heterocycles. The summed E-state index contributed by atoms with van der Waals surface area (Å²) < 4.78 is 9.49. The molecule has 2 saturated heterocycles. The van der Waals surface area contributed by atoms with E-state index in [0.717, 1.165) is 10.0 Å². The minimum atomic E-state index is -1.15. The van der Waals surface area contributed by atoms with E-state index in [1.165, 1.54) is 0 Å². The van der Waals surface area contributed by atoms with Crippen LogP contribution in [0.25, 0.3) is 0 Å². The van der Waals surface area contributed by atoms with E-state index in [1.54, 1.807) is 0 Å². The second kappa shape index (κ2) is 4.14. The van der Waals surface area contributed by atoms with Gasteiger partial charge in [-0.1, -0.05) is 0 Å². The van der Waals surface area contributed by atoms with Gasteiger partial charge < -0.3 is 19.7 Å². The molecular weight excluding hydrogens is 220 g/mol. The average Bonchev–Trinajstić information content (AvgIpc) is 2.83. The Morgan fingerprint density at radius 1 is 1.38 bits per heavy atom. The molecule has 2 N–H and O–H groups in total. The molecule has 2 amide bonds. The van der Waals surface area contributed by atoms with E-state index in [0.29, 0.717) is 0 Å². The Morgan fingerprint density at radius 2 is 2.12 bits per heavy atom. The summed E-state index contributed by atoms with van der Waals surface area (Å²) in [7, 11) is 0. The van der Waals surface area contributed by atoms with Crippen molar-refractivity contribution < 1.29 is 29.3 Å². The van der Waals surface area contributed by atoms with Gasteiger partial charge in [0.05, 0.1) is 19.7 Å². The van der Waals surface area contributed by atoms with Crippen LogP contribution < -0.4 is 0 Å². The lowest BCUT2D eigenvalue weighted by atomic mass is 10.2. The van der Waals surface area contributed by atoms with Crippen molar-refractivity contribution in [1.82, 2.24) is 10.0 Å². The lowest BCUT2D eigenvalue weighted by Gasteiger charge is -2.22. The smallest absolute Gasteiger partial charge is 0.429 e. The first-order valence-corrected chi connectivity index (χ1v) is 4.84. The summed E-state index contributed by atoms with van der Waals surface area (Å²) in [4.78, 5) is 22.6. The van der Waals surface area contributed by atoms with E-state index in [1.807, 2.05) is 0 Å². The normalized spacial score (nSPS) is 27.0. The number of nitrogens with zero attached hydrogens (tertiary/aromatic N) is 2. The Kier molecular flexibility index (Phi) is 2.84. The monoisotopic (exact) mass is 232 g/mol. The first kappa shape index (κ1) is 11.0. The zero-order valence-electron chi connectivity index (χ0n) is 8.40. The molecule has 0 spiro atoms. The molecule has 2 atom stereocenters. The molecule has 0 aromatic rings. The number of carbonyl (C=O) groups is 2. The molecule has 2 fully saturated rings. The highest BCUT2D eigenvalue weighted by Crippen LogP contribution is 2.19. The van der Waals surface area contributed by atoms with Crippen LogP contribution in [0.1, 0.15) is 0 Å². The number of amides is 2. The Bertz CT molecular complexity index is 309. The van der Waals surface area contributed by atoms with Crippen LogP contribution in [-0.4, -0.2) is 70.9 Å². The molecule has 0 radical (unpaired) electrons. The fourth-order valence-electron chi connectivity index (χ4n) is 1.59. The minimum Gasteiger partial charge on any atom is -0.446 e. The molecule has 90 valence electrons. The number of cyclic esters (lactones) is 2. The van der Waals surface area contributed by atoms with Crippen molar-refractivity contribution in [3.8, 4) is 0 Å². The van der Waals surface area contributed by atoms with E-state index >= 15 is 0 Å². The van der Waals surface area contributed by atoms with Crippen molar-refractivity contribution in [2.75, 3.05) is 26.3 Å². The Morgan fingerprint density at radius 3 is 2.69 bits per heavy atom.